The van der Waals surface area contributed by atoms with Crippen LogP contribution in [-0.4, -0.2) is 11.2 Å². The van der Waals surface area contributed by atoms with E-state index in [1.54, 1.807) is 6.07 Å². The topological polar surface area (TPSA) is 50.4 Å². The molecule has 0 saturated carbocycles. The van der Waals surface area contributed by atoms with Crippen molar-refractivity contribution in [1.82, 2.24) is 4.98 Å². The van der Waals surface area contributed by atoms with Crippen molar-refractivity contribution in [3.63, 3.8) is 0 Å². The third-order valence-electron chi connectivity index (χ3n) is 2.62. The number of benzene rings is 2. The number of hydrogen-bond donors (Lipinski definition) is 1. The Kier molecular flexibility index (Phi) is 3.35. The lowest BCUT2D eigenvalue weighted by atomic mass is 10.2. The molecule has 0 aliphatic rings. The molecule has 0 saturated heterocycles. The van der Waals surface area contributed by atoms with Gasteiger partial charge in [-0.3, -0.25) is 0 Å². The first-order valence-corrected chi connectivity index (χ1v) is 6.20. The number of rotatable bonds is 3. The first kappa shape index (κ1) is 12.6. The molecule has 3 rings (SSSR count). The molecule has 1 aromatic heterocycles. The number of nitrogens with zero attached hydrogens (tertiary/aromatic N) is 2. The summed E-state index contributed by atoms with van der Waals surface area (Å²) in [6.45, 7) is 0. The number of aromatic nitrogens is 1. The Hall–Kier alpha value is -2.40. The van der Waals surface area contributed by atoms with Crippen molar-refractivity contribution in [2.75, 3.05) is 5.43 Å². The Morgan fingerprint density at radius 2 is 2.10 bits per heavy atom. The second-order valence-electron chi connectivity index (χ2n) is 4.02. The van der Waals surface area contributed by atoms with Gasteiger partial charge >= 0.3 is 6.01 Å². The van der Waals surface area contributed by atoms with Crippen molar-refractivity contribution in [1.29, 1.82) is 0 Å². The maximum Gasteiger partial charge on any atom is 0.316 e. The van der Waals surface area contributed by atoms with Crippen LogP contribution in [0.5, 0.6) is 0 Å². The number of hydrazone groups is 1. The fourth-order valence-electron chi connectivity index (χ4n) is 1.69. The van der Waals surface area contributed by atoms with Gasteiger partial charge in [0.2, 0.25) is 0 Å². The highest BCUT2D eigenvalue weighted by Crippen LogP contribution is 2.18. The molecular formula is C14H9ClFN3O. The minimum atomic E-state index is -0.405. The van der Waals surface area contributed by atoms with Gasteiger partial charge in [-0.1, -0.05) is 23.7 Å². The molecule has 0 aliphatic carbocycles. The van der Waals surface area contributed by atoms with Crippen molar-refractivity contribution in [3.8, 4) is 0 Å². The monoisotopic (exact) mass is 289 g/mol. The lowest BCUT2D eigenvalue weighted by Gasteiger charge is -1.97. The van der Waals surface area contributed by atoms with E-state index in [1.165, 1.54) is 24.4 Å². The maximum atomic E-state index is 13.4. The zero-order chi connectivity index (χ0) is 13.9. The average Bonchev–Trinajstić information content (AvgIpc) is 2.85. The lowest BCUT2D eigenvalue weighted by Crippen LogP contribution is -1.93. The molecule has 0 aliphatic heterocycles. The van der Waals surface area contributed by atoms with Crippen LogP contribution in [0.15, 0.2) is 52.0 Å². The van der Waals surface area contributed by atoms with E-state index in [9.17, 15) is 4.39 Å². The van der Waals surface area contributed by atoms with Crippen molar-refractivity contribution < 1.29 is 8.81 Å². The molecule has 0 atom stereocenters. The Bertz CT molecular complexity index is 752. The Morgan fingerprint density at radius 1 is 1.25 bits per heavy atom. The summed E-state index contributed by atoms with van der Waals surface area (Å²) in [5, 5.41) is 4.32. The highest BCUT2D eigenvalue weighted by atomic mass is 35.5. The Balaban J connectivity index is 1.78. The lowest BCUT2D eigenvalue weighted by molar-refractivity contribution is 0.616. The molecule has 0 bridgehead atoms. The average molecular weight is 290 g/mol. The maximum absolute atomic E-state index is 13.4. The van der Waals surface area contributed by atoms with Crippen LogP contribution in [0.1, 0.15) is 5.56 Å². The molecule has 100 valence electrons. The standard InChI is InChI=1S/C14H9ClFN3O/c15-10-5-6-11(16)9(7-10)8-17-19-14-18-12-3-1-2-4-13(12)20-14/h1-8H,(H,18,19)/b17-8+. The van der Waals surface area contributed by atoms with Gasteiger partial charge in [0.25, 0.3) is 0 Å². The summed E-state index contributed by atoms with van der Waals surface area (Å²) in [4.78, 5) is 4.17. The molecule has 20 heavy (non-hydrogen) atoms. The van der Waals surface area contributed by atoms with Crippen molar-refractivity contribution in [2.24, 2.45) is 5.10 Å². The summed E-state index contributed by atoms with van der Waals surface area (Å²) < 4.78 is 18.9. The molecule has 1 N–H and O–H groups in total. The van der Waals surface area contributed by atoms with E-state index < -0.39 is 5.82 Å². The predicted octanol–water partition coefficient (Wildman–Crippen LogP) is 4.07. The molecule has 0 spiro atoms. The van der Waals surface area contributed by atoms with Gasteiger partial charge in [-0.15, -0.1) is 0 Å². The normalized spacial score (nSPS) is 11.3. The second-order valence-corrected chi connectivity index (χ2v) is 4.46. The van der Waals surface area contributed by atoms with Crippen LogP contribution in [0.25, 0.3) is 11.1 Å². The third kappa shape index (κ3) is 2.62. The molecule has 1 heterocycles. The van der Waals surface area contributed by atoms with Gasteiger partial charge in [0.1, 0.15) is 11.3 Å². The molecular weight excluding hydrogens is 281 g/mol. The summed E-state index contributed by atoms with van der Waals surface area (Å²) in [6, 6.07) is 11.8. The van der Waals surface area contributed by atoms with E-state index in [-0.39, 0.29) is 11.6 Å². The highest BCUT2D eigenvalue weighted by Gasteiger charge is 2.03. The SMILES string of the molecule is Fc1ccc(Cl)cc1/C=N/Nc1nc2ccccc2o1. The van der Waals surface area contributed by atoms with E-state index in [0.717, 1.165) is 5.52 Å². The van der Waals surface area contributed by atoms with Gasteiger partial charge < -0.3 is 4.42 Å². The molecule has 0 radical (unpaired) electrons. The van der Waals surface area contributed by atoms with Crippen LogP contribution in [0.3, 0.4) is 0 Å². The molecule has 6 heteroatoms. The van der Waals surface area contributed by atoms with Crippen LogP contribution < -0.4 is 5.43 Å². The van der Waals surface area contributed by atoms with Crippen LogP contribution >= 0.6 is 11.6 Å². The van der Waals surface area contributed by atoms with E-state index in [1.807, 2.05) is 18.2 Å². The minimum absolute atomic E-state index is 0.241. The molecule has 0 amide bonds. The molecule has 3 aromatic rings. The van der Waals surface area contributed by atoms with Crippen molar-refractivity contribution >= 4 is 34.9 Å². The predicted molar refractivity (Wildman–Crippen MR) is 76.6 cm³/mol. The zero-order valence-corrected chi connectivity index (χ0v) is 10.9. The number of anilines is 1. The van der Waals surface area contributed by atoms with E-state index in [2.05, 4.69) is 15.5 Å². The third-order valence-corrected chi connectivity index (χ3v) is 2.85. The van der Waals surface area contributed by atoms with Gasteiger partial charge in [0, 0.05) is 10.6 Å². The largest absolute Gasteiger partial charge is 0.422 e. The van der Waals surface area contributed by atoms with Gasteiger partial charge in [-0.25, -0.2) is 9.82 Å². The molecule has 4 nitrogen and oxygen atoms in total. The first-order valence-electron chi connectivity index (χ1n) is 5.82. The van der Waals surface area contributed by atoms with Crippen molar-refractivity contribution in [2.45, 2.75) is 0 Å². The fraction of sp³-hybridized carbons (Fsp3) is 0. The summed E-state index contributed by atoms with van der Waals surface area (Å²) >= 11 is 5.79. The van der Waals surface area contributed by atoms with E-state index in [0.29, 0.717) is 10.6 Å². The second kappa shape index (κ2) is 5.30. The van der Waals surface area contributed by atoms with Gasteiger partial charge in [-0.2, -0.15) is 10.1 Å². The van der Waals surface area contributed by atoms with Gasteiger partial charge in [0.15, 0.2) is 5.58 Å². The van der Waals surface area contributed by atoms with Crippen LogP contribution in [0.2, 0.25) is 5.02 Å². The van der Waals surface area contributed by atoms with Gasteiger partial charge in [0.05, 0.1) is 6.21 Å². The molecule has 0 unspecified atom stereocenters. The Labute approximate surface area is 118 Å². The number of hydrogen-bond acceptors (Lipinski definition) is 4. The zero-order valence-electron chi connectivity index (χ0n) is 10.2. The number of fused-ring (bicyclic) bond motifs is 1. The van der Waals surface area contributed by atoms with E-state index in [4.69, 9.17) is 16.0 Å². The first-order chi connectivity index (χ1) is 9.72. The fourth-order valence-corrected chi connectivity index (χ4v) is 1.87. The summed E-state index contributed by atoms with van der Waals surface area (Å²) in [6.07, 6.45) is 1.32. The van der Waals surface area contributed by atoms with Crippen LogP contribution in [0, 0.1) is 5.82 Å². The molecule has 2 aromatic carbocycles. The number of oxazole rings is 1. The van der Waals surface area contributed by atoms with Gasteiger partial charge in [-0.05, 0) is 30.3 Å². The number of halogens is 2. The number of para-hydroxylation sites is 2. The summed E-state index contributed by atoms with van der Waals surface area (Å²) in [7, 11) is 0. The number of nitrogens with one attached hydrogen (secondary N) is 1. The smallest absolute Gasteiger partial charge is 0.316 e. The highest BCUT2D eigenvalue weighted by molar-refractivity contribution is 6.30. The minimum Gasteiger partial charge on any atom is -0.422 e. The van der Waals surface area contributed by atoms with E-state index >= 15 is 0 Å². The van der Waals surface area contributed by atoms with Crippen molar-refractivity contribution in [3.05, 3.63) is 58.9 Å². The molecule has 0 fully saturated rings. The quantitative estimate of drug-likeness (QED) is 0.584. The van der Waals surface area contributed by atoms with Crippen LogP contribution in [-0.2, 0) is 0 Å². The summed E-state index contributed by atoms with van der Waals surface area (Å²) in [5.74, 6) is -0.405. The Morgan fingerprint density at radius 3 is 2.95 bits per heavy atom. The van der Waals surface area contributed by atoms with Crippen LogP contribution in [0.4, 0.5) is 10.4 Å². The summed E-state index contributed by atoms with van der Waals surface area (Å²) in [5.41, 5.74) is 4.26.